The summed E-state index contributed by atoms with van der Waals surface area (Å²) in [6.45, 7) is 0. The summed E-state index contributed by atoms with van der Waals surface area (Å²) in [6, 6.07) is 18.5. The van der Waals surface area contributed by atoms with Gasteiger partial charge < -0.3 is 9.68 Å². The third-order valence-electron chi connectivity index (χ3n) is 4.14. The van der Waals surface area contributed by atoms with Crippen LogP contribution in [0.25, 0.3) is 26.2 Å². The van der Waals surface area contributed by atoms with Crippen molar-refractivity contribution < 1.29 is 9.68 Å². The van der Waals surface area contributed by atoms with Gasteiger partial charge in [0.1, 0.15) is 19.0 Å². The van der Waals surface area contributed by atoms with Gasteiger partial charge in [-0.05, 0) is 17.7 Å². The SMILES string of the molecule is CO/N=C\c1c(-c2ccccc2)c(/C=N/OC)n2c1sc1ccccc12. The fourth-order valence-corrected chi connectivity index (χ4v) is 4.29. The van der Waals surface area contributed by atoms with Crippen molar-refractivity contribution in [2.45, 2.75) is 0 Å². The van der Waals surface area contributed by atoms with Crippen molar-refractivity contribution >= 4 is 38.8 Å². The molecular weight excluding hydrogens is 346 g/mol. The molecule has 0 aliphatic heterocycles. The molecule has 0 aliphatic carbocycles. The van der Waals surface area contributed by atoms with Crippen LogP contribution in [-0.4, -0.2) is 31.0 Å². The first-order valence-electron chi connectivity index (χ1n) is 8.09. The Balaban J connectivity index is 2.15. The molecule has 4 rings (SSSR count). The molecule has 0 unspecified atom stereocenters. The molecule has 0 N–H and O–H groups in total. The van der Waals surface area contributed by atoms with Gasteiger partial charge in [-0.1, -0.05) is 52.8 Å². The van der Waals surface area contributed by atoms with Crippen LogP contribution in [-0.2, 0) is 9.68 Å². The topological polar surface area (TPSA) is 47.6 Å². The van der Waals surface area contributed by atoms with Crippen LogP contribution < -0.4 is 0 Å². The van der Waals surface area contributed by atoms with Gasteiger partial charge in [-0.15, -0.1) is 11.3 Å². The first-order chi connectivity index (χ1) is 12.8. The standard InChI is InChI=1S/C20H17N3O2S/c1-24-21-12-15-19(14-8-4-3-5-9-14)17(13-22-25-2)23-16-10-6-7-11-18(16)26-20(15)23/h3-13H,1-2H3/b21-12-,22-13+. The van der Waals surface area contributed by atoms with Gasteiger partial charge in [0, 0.05) is 11.1 Å². The maximum atomic E-state index is 4.97. The van der Waals surface area contributed by atoms with Gasteiger partial charge in [-0.2, -0.15) is 0 Å². The van der Waals surface area contributed by atoms with Crippen molar-refractivity contribution in [3.8, 4) is 11.1 Å². The molecule has 0 aliphatic rings. The highest BCUT2D eigenvalue weighted by Gasteiger charge is 2.21. The van der Waals surface area contributed by atoms with E-state index in [9.17, 15) is 0 Å². The number of hydrogen-bond donors (Lipinski definition) is 0. The fourth-order valence-electron chi connectivity index (χ4n) is 3.12. The Bertz CT molecular complexity index is 1110. The Labute approximate surface area is 154 Å². The number of para-hydroxylation sites is 1. The van der Waals surface area contributed by atoms with E-state index in [0.29, 0.717) is 0 Å². The Kier molecular flexibility index (Phi) is 4.41. The zero-order valence-electron chi connectivity index (χ0n) is 14.4. The molecule has 26 heavy (non-hydrogen) atoms. The second kappa shape index (κ2) is 7.01. The molecule has 6 heteroatoms. The highest BCUT2D eigenvalue weighted by Crippen LogP contribution is 2.38. The van der Waals surface area contributed by atoms with E-state index in [2.05, 4.69) is 39.0 Å². The van der Waals surface area contributed by atoms with E-state index in [-0.39, 0.29) is 0 Å². The lowest BCUT2D eigenvalue weighted by Gasteiger charge is -2.04. The number of aromatic nitrogens is 1. The number of nitrogens with zero attached hydrogens (tertiary/aromatic N) is 3. The van der Waals surface area contributed by atoms with E-state index < -0.39 is 0 Å². The number of fused-ring (bicyclic) bond motifs is 3. The Hall–Kier alpha value is -3.12. The largest absolute Gasteiger partial charge is 0.399 e. The Morgan fingerprint density at radius 3 is 2.35 bits per heavy atom. The molecule has 4 aromatic rings. The van der Waals surface area contributed by atoms with Crippen molar-refractivity contribution in [3.63, 3.8) is 0 Å². The highest BCUT2D eigenvalue weighted by atomic mass is 32.1. The van der Waals surface area contributed by atoms with Crippen molar-refractivity contribution in [2.75, 3.05) is 14.2 Å². The lowest BCUT2D eigenvalue weighted by Crippen LogP contribution is -1.93. The van der Waals surface area contributed by atoms with Crippen molar-refractivity contribution in [1.82, 2.24) is 4.40 Å². The van der Waals surface area contributed by atoms with Gasteiger partial charge in [0.15, 0.2) is 0 Å². The summed E-state index contributed by atoms with van der Waals surface area (Å²) in [4.78, 5) is 11.0. The predicted octanol–water partition coefficient (Wildman–Crippen LogP) is 4.78. The zero-order valence-corrected chi connectivity index (χ0v) is 15.2. The summed E-state index contributed by atoms with van der Waals surface area (Å²) < 4.78 is 3.39. The van der Waals surface area contributed by atoms with E-state index in [1.54, 1.807) is 38.0 Å². The van der Waals surface area contributed by atoms with Crippen LogP contribution in [0.2, 0.25) is 0 Å². The van der Waals surface area contributed by atoms with Crippen LogP contribution in [0.5, 0.6) is 0 Å². The van der Waals surface area contributed by atoms with Crippen molar-refractivity contribution in [3.05, 3.63) is 65.9 Å². The molecule has 0 radical (unpaired) electrons. The molecule has 2 heterocycles. The lowest BCUT2D eigenvalue weighted by atomic mass is 10.0. The van der Waals surface area contributed by atoms with Crippen LogP contribution in [0.15, 0.2) is 64.9 Å². The number of benzene rings is 2. The lowest BCUT2D eigenvalue weighted by molar-refractivity contribution is 0.215. The number of rotatable bonds is 5. The molecule has 2 aromatic carbocycles. The van der Waals surface area contributed by atoms with E-state index in [0.717, 1.165) is 32.7 Å². The molecule has 0 fully saturated rings. The molecule has 0 spiro atoms. The molecule has 0 saturated carbocycles. The molecule has 2 aromatic heterocycles. The summed E-state index contributed by atoms with van der Waals surface area (Å²) >= 11 is 1.72. The first kappa shape index (κ1) is 16.4. The van der Waals surface area contributed by atoms with Gasteiger partial charge in [-0.3, -0.25) is 4.40 Å². The minimum Gasteiger partial charge on any atom is -0.399 e. The van der Waals surface area contributed by atoms with E-state index in [4.69, 9.17) is 9.68 Å². The zero-order chi connectivity index (χ0) is 17.9. The molecule has 0 atom stereocenters. The number of oxime groups is 2. The summed E-state index contributed by atoms with van der Waals surface area (Å²) in [5.41, 5.74) is 5.20. The highest BCUT2D eigenvalue weighted by molar-refractivity contribution is 7.24. The molecule has 5 nitrogen and oxygen atoms in total. The first-order valence-corrected chi connectivity index (χ1v) is 8.91. The van der Waals surface area contributed by atoms with Gasteiger partial charge in [0.25, 0.3) is 0 Å². The van der Waals surface area contributed by atoms with Crippen LogP contribution in [0.4, 0.5) is 0 Å². The van der Waals surface area contributed by atoms with E-state index >= 15 is 0 Å². The van der Waals surface area contributed by atoms with Crippen LogP contribution in [0.1, 0.15) is 11.3 Å². The number of thiazole rings is 1. The fraction of sp³-hybridized carbons (Fsp3) is 0.100. The normalized spacial score (nSPS) is 11.9. The van der Waals surface area contributed by atoms with Crippen molar-refractivity contribution in [1.29, 1.82) is 0 Å². The molecule has 0 bridgehead atoms. The summed E-state index contributed by atoms with van der Waals surface area (Å²) in [5, 5.41) is 8.08. The quantitative estimate of drug-likeness (QED) is 0.378. The van der Waals surface area contributed by atoms with Gasteiger partial charge >= 0.3 is 0 Å². The minimum absolute atomic E-state index is 0.947. The third kappa shape index (κ3) is 2.64. The molecule has 0 amide bonds. The average molecular weight is 363 g/mol. The van der Waals surface area contributed by atoms with Gasteiger partial charge in [0.05, 0.1) is 28.3 Å². The van der Waals surface area contributed by atoms with Gasteiger partial charge in [-0.25, -0.2) is 0 Å². The molecular formula is C20H17N3O2S. The molecule has 130 valence electrons. The summed E-state index contributed by atoms with van der Waals surface area (Å²) in [6.07, 6.45) is 3.51. The third-order valence-corrected chi connectivity index (χ3v) is 5.30. The summed E-state index contributed by atoms with van der Waals surface area (Å²) in [7, 11) is 3.09. The second-order valence-electron chi connectivity index (χ2n) is 5.58. The van der Waals surface area contributed by atoms with Crippen LogP contribution in [0.3, 0.4) is 0 Å². The average Bonchev–Trinajstić information content (AvgIpc) is 3.20. The Morgan fingerprint density at radius 2 is 1.58 bits per heavy atom. The molecule has 0 saturated heterocycles. The van der Waals surface area contributed by atoms with Crippen molar-refractivity contribution in [2.24, 2.45) is 10.3 Å². The predicted molar refractivity (Wildman–Crippen MR) is 107 cm³/mol. The smallest absolute Gasteiger partial charge is 0.110 e. The monoisotopic (exact) mass is 363 g/mol. The maximum absolute atomic E-state index is 4.97. The van der Waals surface area contributed by atoms with E-state index in [1.165, 1.54) is 4.70 Å². The maximum Gasteiger partial charge on any atom is 0.110 e. The minimum atomic E-state index is 0.947. The van der Waals surface area contributed by atoms with Crippen LogP contribution >= 0.6 is 11.3 Å². The number of hydrogen-bond acceptors (Lipinski definition) is 5. The Morgan fingerprint density at radius 1 is 0.885 bits per heavy atom. The second-order valence-corrected chi connectivity index (χ2v) is 6.62. The summed E-state index contributed by atoms with van der Waals surface area (Å²) in [5.74, 6) is 0. The van der Waals surface area contributed by atoms with Gasteiger partial charge in [0.2, 0.25) is 0 Å². The van der Waals surface area contributed by atoms with Crippen LogP contribution in [0, 0.1) is 0 Å². The van der Waals surface area contributed by atoms with E-state index in [1.807, 2.05) is 30.3 Å².